The van der Waals surface area contributed by atoms with Gasteiger partial charge >= 0.3 is 0 Å². The monoisotopic (exact) mass is 1970 g/mol. The first-order valence-electron chi connectivity index (χ1n) is 57.3. The molecule has 10 unspecified atom stereocenters. The molecule has 6 nitrogen and oxygen atoms in total. The van der Waals surface area contributed by atoms with Gasteiger partial charge in [-0.25, -0.2) is 0 Å². The summed E-state index contributed by atoms with van der Waals surface area (Å²) in [6, 6.07) is 88.5. The molecule has 4 saturated carbocycles. The van der Waals surface area contributed by atoms with Crippen LogP contribution < -0.4 is 14.7 Å². The number of allylic oxidation sites excluding steroid dienone is 12. The van der Waals surface area contributed by atoms with Crippen LogP contribution in [0.5, 0.6) is 0 Å². The highest BCUT2D eigenvalue weighted by Gasteiger charge is 2.61. The quantitative estimate of drug-likeness (QED) is 0.0452. The molecule has 0 saturated heterocycles. The SMILES string of the molecule is CC1(C)C2=CC3C(C=C2c2ccc(N(c4ccccc4)c4ccccc4)cc21)CCC3[Si](C)(C)N(C1CCCCC1)C(C)(C)C.CCCCC1(CCCC)C2=CC3C(C=C2c2ccc(N(c4ccccc4)c4ccccc4)cc21)CC(C)C3[Si](C)(C)N(C(C)(C)C)C(C)(C)C.CCCCC1(CCCC)C2=CC3C(C=C2c2ccc(N(c4ccccc4)c4ccccc4)cc21)CCC3[Si](C)(C)N(C(C)(C)C)C(C)(C)C. The Hall–Kier alpha value is -8.65. The molecule has 766 valence electrons. The van der Waals surface area contributed by atoms with Crippen LogP contribution in [0.4, 0.5) is 51.2 Å². The van der Waals surface area contributed by atoms with Crippen LogP contribution in [0.2, 0.25) is 55.9 Å². The van der Waals surface area contributed by atoms with E-state index in [0.717, 1.165) is 28.6 Å². The van der Waals surface area contributed by atoms with Crippen molar-refractivity contribution in [3.63, 3.8) is 0 Å². The minimum Gasteiger partial charge on any atom is -0.316 e. The highest BCUT2D eigenvalue weighted by atomic mass is 28.3. The van der Waals surface area contributed by atoms with Crippen molar-refractivity contribution in [2.24, 2.45) is 41.4 Å². The molecule has 10 aliphatic rings. The summed E-state index contributed by atoms with van der Waals surface area (Å²) in [5.74, 6) is 4.56. The van der Waals surface area contributed by atoms with Gasteiger partial charge in [-0.15, -0.1) is 0 Å². The largest absolute Gasteiger partial charge is 0.316 e. The van der Waals surface area contributed by atoms with Crippen LogP contribution in [-0.4, -0.2) is 72.1 Å². The van der Waals surface area contributed by atoms with Gasteiger partial charge in [0.15, 0.2) is 0 Å². The van der Waals surface area contributed by atoms with E-state index in [1.807, 2.05) is 0 Å². The van der Waals surface area contributed by atoms with Crippen molar-refractivity contribution in [3.05, 3.63) is 323 Å². The Morgan fingerprint density at radius 1 is 0.299 bits per heavy atom. The van der Waals surface area contributed by atoms with E-state index >= 15 is 0 Å². The maximum atomic E-state index is 3.12. The zero-order valence-corrected chi connectivity index (χ0v) is 97.6. The number of fused-ring (bicyclic) bond motifs is 12. The molecular weight excluding hydrogens is 1790 g/mol. The van der Waals surface area contributed by atoms with Gasteiger partial charge < -0.3 is 28.4 Å². The topological polar surface area (TPSA) is 19.4 Å². The lowest BCUT2D eigenvalue weighted by Crippen LogP contribution is -2.67. The van der Waals surface area contributed by atoms with E-state index in [-0.39, 0.29) is 43.9 Å². The van der Waals surface area contributed by atoms with Crippen molar-refractivity contribution in [2.75, 3.05) is 14.7 Å². The summed E-state index contributed by atoms with van der Waals surface area (Å²) in [6.45, 7) is 70.4. The van der Waals surface area contributed by atoms with Gasteiger partial charge in [0.1, 0.15) is 24.7 Å². The Bertz CT molecular complexity index is 5950. The lowest BCUT2D eigenvalue weighted by Gasteiger charge is -2.57. The van der Waals surface area contributed by atoms with E-state index in [1.165, 1.54) is 220 Å². The zero-order valence-electron chi connectivity index (χ0n) is 94.6. The molecule has 0 heterocycles. The first-order valence-corrected chi connectivity index (χ1v) is 66.3. The molecule has 0 aromatic heterocycles. The van der Waals surface area contributed by atoms with E-state index in [2.05, 4.69) is 493 Å². The minimum atomic E-state index is -1.91. The summed E-state index contributed by atoms with van der Waals surface area (Å²) >= 11 is 0. The summed E-state index contributed by atoms with van der Waals surface area (Å²) in [7, 11) is -5.50. The van der Waals surface area contributed by atoms with Crippen LogP contribution in [0.1, 0.15) is 327 Å². The number of hydrogen-bond donors (Lipinski definition) is 0. The number of anilines is 9. The van der Waals surface area contributed by atoms with E-state index < -0.39 is 24.7 Å². The van der Waals surface area contributed by atoms with Gasteiger partial charge in [0.2, 0.25) is 0 Å². The Kier molecular flexibility index (Phi) is 31.1. The molecule has 0 amide bonds. The van der Waals surface area contributed by atoms with E-state index in [1.54, 1.807) is 39.0 Å². The predicted molar refractivity (Wildman–Crippen MR) is 634 cm³/mol. The van der Waals surface area contributed by atoms with Gasteiger partial charge in [-0.1, -0.05) is 335 Å². The highest BCUT2D eigenvalue weighted by molar-refractivity contribution is 6.77. The lowest BCUT2D eigenvalue weighted by molar-refractivity contribution is 0.121. The Morgan fingerprint density at radius 2 is 0.597 bits per heavy atom. The number of para-hydroxylation sites is 6. The molecule has 9 heteroatoms. The van der Waals surface area contributed by atoms with E-state index in [4.69, 9.17) is 0 Å². The average molecular weight is 1980 g/mol. The van der Waals surface area contributed by atoms with Crippen molar-refractivity contribution in [2.45, 2.75) is 399 Å². The maximum absolute atomic E-state index is 3.12. The minimum absolute atomic E-state index is 0.0207. The molecule has 0 N–H and O–H groups in total. The summed E-state index contributed by atoms with van der Waals surface area (Å²) in [6.07, 6.45) is 45.6. The zero-order chi connectivity index (χ0) is 103. The molecule has 0 aliphatic heterocycles. The molecule has 9 aromatic carbocycles. The molecule has 19 rings (SSSR count). The van der Waals surface area contributed by atoms with Crippen LogP contribution in [0.25, 0.3) is 16.7 Å². The smallest absolute Gasteiger partial charge is 0.127 e. The summed E-state index contributed by atoms with van der Waals surface area (Å²) < 4.78 is 9.09. The second kappa shape index (κ2) is 42.1. The molecule has 0 radical (unpaired) electrons. The fourth-order valence-electron chi connectivity index (χ4n) is 33.1. The summed E-state index contributed by atoms with van der Waals surface area (Å²) in [5.41, 5.74) is 32.9. The van der Waals surface area contributed by atoms with E-state index in [0.29, 0.717) is 35.5 Å². The third-order valence-corrected chi connectivity index (χ3v) is 51.4. The van der Waals surface area contributed by atoms with Gasteiger partial charge in [0.25, 0.3) is 0 Å². The van der Waals surface area contributed by atoms with Crippen LogP contribution in [0.3, 0.4) is 0 Å². The predicted octanol–water partition coefficient (Wildman–Crippen LogP) is 39.3. The average Bonchev–Trinajstić information content (AvgIpc) is 1.54. The summed E-state index contributed by atoms with van der Waals surface area (Å²) in [4.78, 5) is 7.33. The number of nitrogens with zero attached hydrogens (tertiary/aromatic N) is 6. The van der Waals surface area contributed by atoms with Gasteiger partial charge in [0.05, 0.1) is 0 Å². The van der Waals surface area contributed by atoms with Gasteiger partial charge in [0, 0.05) is 101 Å². The first-order chi connectivity index (χ1) is 68.4. The fourth-order valence-corrected chi connectivity index (χ4v) is 51.1. The van der Waals surface area contributed by atoms with Crippen molar-refractivity contribution < 1.29 is 0 Å². The molecule has 144 heavy (non-hydrogen) atoms. The number of hydrogen-bond acceptors (Lipinski definition) is 6. The molecule has 10 aliphatic carbocycles. The third kappa shape index (κ3) is 20.4. The van der Waals surface area contributed by atoms with Gasteiger partial charge in [-0.2, -0.15) is 0 Å². The number of benzene rings is 9. The van der Waals surface area contributed by atoms with Crippen LogP contribution in [0.15, 0.2) is 290 Å². The molecule has 0 spiro atoms. The molecule has 10 atom stereocenters. The van der Waals surface area contributed by atoms with Crippen LogP contribution in [-0.2, 0) is 16.2 Å². The number of unbranched alkanes of at least 4 members (excludes halogenated alkanes) is 4. The Balaban J connectivity index is 0.000000148. The fraction of sp³-hybridized carbons (Fsp3) is 0.511. The summed E-state index contributed by atoms with van der Waals surface area (Å²) in [5, 5.41) is 0. The van der Waals surface area contributed by atoms with Crippen molar-refractivity contribution in [3.8, 4) is 0 Å². The molecule has 0 bridgehead atoms. The van der Waals surface area contributed by atoms with Gasteiger partial charge in [-0.05, 0) is 396 Å². The van der Waals surface area contributed by atoms with Crippen LogP contribution in [0, 0.1) is 41.4 Å². The maximum Gasteiger partial charge on any atom is 0.127 e. The highest BCUT2D eigenvalue weighted by Crippen LogP contribution is 2.68. The normalized spacial score (nSPS) is 22.9. The van der Waals surface area contributed by atoms with Gasteiger partial charge in [-0.3, -0.25) is 0 Å². The van der Waals surface area contributed by atoms with E-state index in [9.17, 15) is 0 Å². The van der Waals surface area contributed by atoms with Crippen LogP contribution >= 0.6 is 0 Å². The lowest BCUT2D eigenvalue weighted by atomic mass is 9.68. The second-order valence-electron chi connectivity index (χ2n) is 52.9. The molecule has 4 fully saturated rings. The van der Waals surface area contributed by atoms with Crippen molar-refractivity contribution in [1.29, 1.82) is 0 Å². The Labute approximate surface area is 878 Å². The van der Waals surface area contributed by atoms with Crippen molar-refractivity contribution >= 4 is 92.6 Å². The second-order valence-corrected chi connectivity index (χ2v) is 66.3. The Morgan fingerprint density at radius 3 is 0.931 bits per heavy atom. The third-order valence-electron chi connectivity index (χ3n) is 36.5. The number of rotatable bonds is 28. The van der Waals surface area contributed by atoms with Crippen molar-refractivity contribution in [1.82, 2.24) is 13.7 Å². The molecule has 9 aromatic rings. The molecular formula is C135H184N6Si3. The standard InChI is InChI=1S/C47H66N2Si.C46H64N2Si.C42H54N2Si/c1-12-14-28-47(29-15-13-2)42-32-38(48(36-22-18-16-19-23-36)37-24-20-17-21-25-37)26-27-39(42)41-31-35-30-34(3)44(40(35)33-43(41)47)50(10,11)49(45(4,5)6)46(7,8)9;1-11-13-29-46(30-14-12-2)41-32-37(47(35-21-17-15-18-22-35)36-23-19-16-20-24-36)26-27-38(41)40-31-34-25-28-43(39(34)33-42(40)46)49(9,10)48(44(3,4)5)45(6,7)8;1-41(2,3)44(33-21-15-10-16-22-33)45(6,7)40-26-23-30-27-37-35-25-24-34(28-38(35)42(4,5)39(37)29-36(30)40)43(31-17-11-8-12-18-31)32-19-13-9-14-20-32/h16-27,31-35,40,44H,12-15,28-30H2,1-11H3;15-24,26-27,31-34,39,43H,11-14,25,28-30H2,1-10H3;8-9,11-14,17-20,24-25,27-30,33,36,40H,10,15-16,21-23,26H2,1-7H3. The first kappa shape index (κ1) is 107.